The highest BCUT2D eigenvalue weighted by molar-refractivity contribution is 7.98. The van der Waals surface area contributed by atoms with E-state index in [1.165, 1.54) is 5.75 Å². The van der Waals surface area contributed by atoms with E-state index in [9.17, 15) is 0 Å². The summed E-state index contributed by atoms with van der Waals surface area (Å²) in [4.78, 5) is 0. The first kappa shape index (κ1) is 11.3. The van der Waals surface area contributed by atoms with Gasteiger partial charge in [-0.2, -0.15) is 11.8 Å². The van der Waals surface area contributed by atoms with Crippen molar-refractivity contribution >= 4 is 11.8 Å². The van der Waals surface area contributed by atoms with Gasteiger partial charge in [0.25, 0.3) is 0 Å². The molecule has 0 radical (unpaired) electrons. The molecular weight excluding hydrogens is 158 g/mol. The van der Waals surface area contributed by atoms with Crippen molar-refractivity contribution in [2.75, 3.05) is 31.7 Å². The zero-order valence-corrected chi connectivity index (χ0v) is 8.54. The Kier molecular flexibility index (Phi) is 8.57. The van der Waals surface area contributed by atoms with Crippen LogP contribution in [0.4, 0.5) is 0 Å². The van der Waals surface area contributed by atoms with E-state index in [0.29, 0.717) is 6.10 Å². The SMILES string of the molecule is CSCCNCCOC(C)C. The second-order valence-electron chi connectivity index (χ2n) is 2.66. The van der Waals surface area contributed by atoms with E-state index in [-0.39, 0.29) is 0 Å². The molecule has 0 saturated heterocycles. The molecule has 0 fully saturated rings. The lowest BCUT2D eigenvalue weighted by molar-refractivity contribution is 0.0812. The van der Waals surface area contributed by atoms with Gasteiger partial charge in [0.1, 0.15) is 0 Å². The molecule has 0 atom stereocenters. The lowest BCUT2D eigenvalue weighted by Gasteiger charge is -2.07. The van der Waals surface area contributed by atoms with Crippen LogP contribution in [0.1, 0.15) is 13.8 Å². The molecule has 0 spiro atoms. The van der Waals surface area contributed by atoms with E-state index in [1.807, 2.05) is 11.8 Å². The summed E-state index contributed by atoms with van der Waals surface area (Å²) in [5.41, 5.74) is 0. The molecule has 11 heavy (non-hydrogen) atoms. The minimum absolute atomic E-state index is 0.359. The average Bonchev–Trinajstić information content (AvgIpc) is 1.96. The van der Waals surface area contributed by atoms with Gasteiger partial charge in [0, 0.05) is 18.8 Å². The number of rotatable bonds is 7. The molecule has 0 aliphatic carbocycles. The maximum absolute atomic E-state index is 5.35. The van der Waals surface area contributed by atoms with E-state index in [4.69, 9.17) is 4.74 Å². The molecule has 1 N–H and O–H groups in total. The van der Waals surface area contributed by atoms with Crippen molar-refractivity contribution in [2.24, 2.45) is 0 Å². The largest absolute Gasteiger partial charge is 0.377 e. The van der Waals surface area contributed by atoms with Gasteiger partial charge in [-0.05, 0) is 20.1 Å². The van der Waals surface area contributed by atoms with Gasteiger partial charge in [-0.25, -0.2) is 0 Å². The normalized spacial score (nSPS) is 10.9. The minimum Gasteiger partial charge on any atom is -0.377 e. The van der Waals surface area contributed by atoms with Gasteiger partial charge in [0.2, 0.25) is 0 Å². The van der Waals surface area contributed by atoms with Crippen molar-refractivity contribution in [3.8, 4) is 0 Å². The Morgan fingerprint density at radius 1 is 1.36 bits per heavy atom. The maximum atomic E-state index is 5.35. The summed E-state index contributed by atoms with van der Waals surface area (Å²) >= 11 is 1.86. The maximum Gasteiger partial charge on any atom is 0.0594 e. The van der Waals surface area contributed by atoms with Crippen LogP contribution in [0.25, 0.3) is 0 Å². The average molecular weight is 177 g/mol. The summed E-state index contributed by atoms with van der Waals surface area (Å²) in [7, 11) is 0. The molecule has 68 valence electrons. The van der Waals surface area contributed by atoms with Crippen molar-refractivity contribution in [3.63, 3.8) is 0 Å². The molecular formula is C8H19NOS. The van der Waals surface area contributed by atoms with Gasteiger partial charge in [0.05, 0.1) is 12.7 Å². The highest BCUT2D eigenvalue weighted by atomic mass is 32.2. The van der Waals surface area contributed by atoms with Crippen LogP contribution in [-0.2, 0) is 4.74 Å². The van der Waals surface area contributed by atoms with Crippen molar-refractivity contribution in [1.29, 1.82) is 0 Å². The Hall–Kier alpha value is 0.270. The molecule has 0 unspecified atom stereocenters. The van der Waals surface area contributed by atoms with Crippen LogP contribution < -0.4 is 5.32 Å². The van der Waals surface area contributed by atoms with E-state index in [1.54, 1.807) is 0 Å². The first-order valence-electron chi connectivity index (χ1n) is 4.08. The van der Waals surface area contributed by atoms with Crippen LogP contribution in [0, 0.1) is 0 Å². The summed E-state index contributed by atoms with van der Waals surface area (Å²) in [6.45, 7) is 7.00. The number of hydrogen-bond acceptors (Lipinski definition) is 3. The summed E-state index contributed by atoms with van der Waals surface area (Å²) in [5, 5.41) is 3.30. The Labute approximate surface area is 74.1 Å². The number of thioether (sulfide) groups is 1. The van der Waals surface area contributed by atoms with Crippen LogP contribution in [0.5, 0.6) is 0 Å². The minimum atomic E-state index is 0.359. The van der Waals surface area contributed by atoms with Crippen LogP contribution in [0.2, 0.25) is 0 Å². The standard InChI is InChI=1S/C8H19NOS/c1-8(2)10-6-4-9-5-7-11-3/h8-9H,4-7H2,1-3H3. The highest BCUT2D eigenvalue weighted by Crippen LogP contribution is 1.87. The van der Waals surface area contributed by atoms with E-state index >= 15 is 0 Å². The second kappa shape index (κ2) is 8.37. The Balaban J connectivity index is 2.80. The van der Waals surface area contributed by atoms with Crippen molar-refractivity contribution in [1.82, 2.24) is 5.32 Å². The molecule has 3 heteroatoms. The first-order valence-corrected chi connectivity index (χ1v) is 5.48. The summed E-state index contributed by atoms with van der Waals surface area (Å²) in [5.74, 6) is 1.18. The molecule has 2 nitrogen and oxygen atoms in total. The Morgan fingerprint density at radius 2 is 2.09 bits per heavy atom. The molecule has 0 amide bonds. The van der Waals surface area contributed by atoms with Crippen LogP contribution in [0.3, 0.4) is 0 Å². The number of hydrogen-bond donors (Lipinski definition) is 1. The predicted octanol–water partition coefficient (Wildman–Crippen LogP) is 1.36. The zero-order chi connectivity index (χ0) is 8.53. The third-order valence-electron chi connectivity index (χ3n) is 1.21. The van der Waals surface area contributed by atoms with E-state index in [0.717, 1.165) is 19.7 Å². The first-order chi connectivity index (χ1) is 5.27. The quantitative estimate of drug-likeness (QED) is 0.593. The number of nitrogens with one attached hydrogen (secondary N) is 1. The zero-order valence-electron chi connectivity index (χ0n) is 7.72. The lowest BCUT2D eigenvalue weighted by Crippen LogP contribution is -2.23. The van der Waals surface area contributed by atoms with Crippen LogP contribution in [0.15, 0.2) is 0 Å². The van der Waals surface area contributed by atoms with Gasteiger partial charge in [-0.1, -0.05) is 0 Å². The molecule has 0 aliphatic rings. The molecule has 0 aromatic heterocycles. The third-order valence-corrected chi connectivity index (χ3v) is 1.83. The fourth-order valence-corrected chi connectivity index (χ4v) is 1.01. The Bertz CT molecular complexity index is 78.5. The summed E-state index contributed by atoms with van der Waals surface area (Å²) in [6.07, 6.45) is 2.48. The molecule has 0 aromatic carbocycles. The Morgan fingerprint density at radius 3 is 2.64 bits per heavy atom. The predicted molar refractivity (Wildman–Crippen MR) is 52.3 cm³/mol. The fourth-order valence-electron chi connectivity index (χ4n) is 0.666. The smallest absolute Gasteiger partial charge is 0.0594 e. The monoisotopic (exact) mass is 177 g/mol. The summed E-state index contributed by atoms with van der Waals surface area (Å²) in [6, 6.07) is 0. The molecule has 0 bridgehead atoms. The highest BCUT2D eigenvalue weighted by Gasteiger charge is 1.91. The lowest BCUT2D eigenvalue weighted by atomic mass is 10.5. The van der Waals surface area contributed by atoms with Gasteiger partial charge in [-0.3, -0.25) is 0 Å². The van der Waals surface area contributed by atoms with Crippen molar-refractivity contribution in [3.05, 3.63) is 0 Å². The van der Waals surface area contributed by atoms with E-state index < -0.39 is 0 Å². The van der Waals surface area contributed by atoms with Crippen LogP contribution in [-0.4, -0.2) is 37.8 Å². The molecule has 0 aliphatic heterocycles. The van der Waals surface area contributed by atoms with Gasteiger partial charge >= 0.3 is 0 Å². The van der Waals surface area contributed by atoms with Crippen molar-refractivity contribution in [2.45, 2.75) is 20.0 Å². The topological polar surface area (TPSA) is 21.3 Å². The summed E-state index contributed by atoms with van der Waals surface area (Å²) < 4.78 is 5.35. The van der Waals surface area contributed by atoms with Gasteiger partial charge < -0.3 is 10.1 Å². The second-order valence-corrected chi connectivity index (χ2v) is 3.65. The number of ether oxygens (including phenoxy) is 1. The van der Waals surface area contributed by atoms with Gasteiger partial charge in [-0.15, -0.1) is 0 Å². The van der Waals surface area contributed by atoms with Crippen molar-refractivity contribution < 1.29 is 4.74 Å². The third kappa shape index (κ3) is 10.3. The van der Waals surface area contributed by atoms with Gasteiger partial charge in [0.15, 0.2) is 0 Å². The van der Waals surface area contributed by atoms with E-state index in [2.05, 4.69) is 25.4 Å². The molecule has 0 aromatic rings. The fraction of sp³-hybridized carbons (Fsp3) is 1.00. The molecule has 0 saturated carbocycles. The van der Waals surface area contributed by atoms with Crippen LogP contribution >= 0.6 is 11.8 Å². The molecule has 0 heterocycles. The molecule has 0 rings (SSSR count).